The van der Waals surface area contributed by atoms with Crippen molar-refractivity contribution in [1.82, 2.24) is 5.32 Å². The van der Waals surface area contributed by atoms with Crippen LogP contribution in [0.15, 0.2) is 30.3 Å². The Morgan fingerprint density at radius 1 is 1.26 bits per heavy atom. The highest BCUT2D eigenvalue weighted by molar-refractivity contribution is 5.89. The molecule has 8 nitrogen and oxygen atoms in total. The average molecular weight is 325 g/mol. The van der Waals surface area contributed by atoms with E-state index in [-0.39, 0.29) is 5.56 Å². The van der Waals surface area contributed by atoms with Crippen LogP contribution in [-0.4, -0.2) is 64.4 Å². The molecule has 1 saturated heterocycles. The Hall–Kier alpha value is -2.00. The van der Waals surface area contributed by atoms with Crippen LogP contribution in [0.25, 0.3) is 0 Å². The highest BCUT2D eigenvalue weighted by Gasteiger charge is 2.47. The van der Waals surface area contributed by atoms with Gasteiger partial charge in [0.1, 0.15) is 18.2 Å². The zero-order valence-electron chi connectivity index (χ0n) is 12.5. The first-order chi connectivity index (χ1) is 10.9. The Kier molecular flexibility index (Phi) is 5.67. The van der Waals surface area contributed by atoms with Crippen molar-refractivity contribution in [1.29, 1.82) is 0 Å². The molecule has 23 heavy (non-hydrogen) atoms. The Morgan fingerprint density at radius 2 is 1.91 bits per heavy atom. The van der Waals surface area contributed by atoms with E-state index in [1.54, 1.807) is 18.2 Å². The van der Waals surface area contributed by atoms with Gasteiger partial charge in [-0.25, -0.2) is 4.79 Å². The third-order valence-corrected chi connectivity index (χ3v) is 3.50. The van der Waals surface area contributed by atoms with Gasteiger partial charge in [-0.15, -0.1) is 0 Å². The number of aliphatic hydroxyl groups excluding tert-OH is 3. The second kappa shape index (κ2) is 7.51. The molecule has 2 rings (SSSR count). The molecular weight excluding hydrogens is 306 g/mol. The van der Waals surface area contributed by atoms with Gasteiger partial charge in [-0.05, 0) is 12.1 Å². The summed E-state index contributed by atoms with van der Waals surface area (Å²) in [6.45, 7) is 0.637. The van der Waals surface area contributed by atoms with Crippen LogP contribution in [0.5, 0.6) is 0 Å². The fourth-order valence-electron chi connectivity index (χ4n) is 2.38. The summed E-state index contributed by atoms with van der Waals surface area (Å²) in [4.78, 5) is 23.4. The molecule has 0 spiro atoms. The zero-order valence-corrected chi connectivity index (χ0v) is 12.5. The molecule has 0 radical (unpaired) electrons. The first kappa shape index (κ1) is 17.4. The van der Waals surface area contributed by atoms with Gasteiger partial charge in [0.05, 0.1) is 12.2 Å². The lowest BCUT2D eigenvalue weighted by Gasteiger charge is -2.41. The molecule has 0 saturated carbocycles. The van der Waals surface area contributed by atoms with Crippen molar-refractivity contribution >= 4 is 11.9 Å². The van der Waals surface area contributed by atoms with Gasteiger partial charge in [0.2, 0.25) is 5.91 Å². The molecule has 1 aromatic rings. The monoisotopic (exact) mass is 325 g/mol. The molecule has 1 fully saturated rings. The van der Waals surface area contributed by atoms with E-state index >= 15 is 0 Å². The smallest absolute Gasteiger partial charge is 0.338 e. The van der Waals surface area contributed by atoms with Crippen molar-refractivity contribution in [2.45, 2.75) is 37.6 Å². The minimum Gasteiger partial charge on any atom is -0.453 e. The predicted octanol–water partition coefficient (Wildman–Crippen LogP) is -1.21. The molecule has 4 N–H and O–H groups in total. The van der Waals surface area contributed by atoms with E-state index < -0.39 is 49.1 Å². The molecule has 1 aliphatic heterocycles. The van der Waals surface area contributed by atoms with E-state index in [9.17, 15) is 24.9 Å². The maximum absolute atomic E-state index is 12.2. The summed E-state index contributed by atoms with van der Waals surface area (Å²) in [7, 11) is 0. The van der Waals surface area contributed by atoms with Crippen LogP contribution in [0, 0.1) is 0 Å². The Bertz CT molecular complexity index is 550. The first-order valence-corrected chi connectivity index (χ1v) is 7.09. The van der Waals surface area contributed by atoms with Crippen molar-refractivity contribution in [2.75, 3.05) is 6.61 Å². The van der Waals surface area contributed by atoms with Crippen LogP contribution in [-0.2, 0) is 14.3 Å². The molecule has 0 bridgehead atoms. The average Bonchev–Trinajstić information content (AvgIpc) is 2.54. The van der Waals surface area contributed by atoms with Crippen molar-refractivity contribution in [2.24, 2.45) is 0 Å². The van der Waals surface area contributed by atoms with Gasteiger partial charge in [0.25, 0.3) is 0 Å². The van der Waals surface area contributed by atoms with Gasteiger partial charge < -0.3 is 30.1 Å². The van der Waals surface area contributed by atoms with Gasteiger partial charge in [-0.3, -0.25) is 4.79 Å². The second-order valence-corrected chi connectivity index (χ2v) is 5.20. The second-order valence-electron chi connectivity index (χ2n) is 5.20. The molecule has 1 aliphatic rings. The zero-order chi connectivity index (χ0) is 17.0. The van der Waals surface area contributed by atoms with E-state index in [2.05, 4.69) is 5.32 Å². The molecular formula is C15H19NO7. The maximum Gasteiger partial charge on any atom is 0.338 e. The fourth-order valence-corrected chi connectivity index (χ4v) is 2.38. The third-order valence-electron chi connectivity index (χ3n) is 3.50. The number of benzene rings is 1. The van der Waals surface area contributed by atoms with Gasteiger partial charge in [-0.1, -0.05) is 18.2 Å². The summed E-state index contributed by atoms with van der Waals surface area (Å²) in [5.41, 5.74) is 0.253. The van der Waals surface area contributed by atoms with Gasteiger partial charge >= 0.3 is 5.97 Å². The van der Waals surface area contributed by atoms with Gasteiger partial charge in [0.15, 0.2) is 12.4 Å². The maximum atomic E-state index is 12.2. The molecule has 1 heterocycles. The van der Waals surface area contributed by atoms with E-state index in [1.807, 2.05) is 0 Å². The summed E-state index contributed by atoms with van der Waals surface area (Å²) >= 11 is 0. The number of hydrogen-bond acceptors (Lipinski definition) is 7. The molecule has 1 unspecified atom stereocenters. The number of amides is 1. The SMILES string of the molecule is CC(=O)N[C@H]1C(O)O[C@H](CO)[C@@H](O)[C@@H]1OC(=O)c1ccccc1. The predicted molar refractivity (Wildman–Crippen MR) is 77.2 cm³/mol. The molecule has 0 aromatic heterocycles. The van der Waals surface area contributed by atoms with Crippen LogP contribution in [0.4, 0.5) is 0 Å². The largest absolute Gasteiger partial charge is 0.453 e. The van der Waals surface area contributed by atoms with Crippen molar-refractivity contribution in [3.63, 3.8) is 0 Å². The molecule has 126 valence electrons. The van der Waals surface area contributed by atoms with Crippen LogP contribution in [0.3, 0.4) is 0 Å². The lowest BCUT2D eigenvalue weighted by atomic mass is 9.96. The number of nitrogens with one attached hydrogen (secondary N) is 1. The van der Waals surface area contributed by atoms with E-state index in [1.165, 1.54) is 19.1 Å². The topological polar surface area (TPSA) is 125 Å². The molecule has 0 aliphatic carbocycles. The van der Waals surface area contributed by atoms with Crippen LogP contribution in [0.2, 0.25) is 0 Å². The van der Waals surface area contributed by atoms with Crippen molar-refractivity contribution in [3.05, 3.63) is 35.9 Å². The molecule has 8 heteroatoms. The van der Waals surface area contributed by atoms with Crippen LogP contribution >= 0.6 is 0 Å². The Morgan fingerprint density at radius 3 is 2.48 bits per heavy atom. The summed E-state index contributed by atoms with van der Waals surface area (Å²) < 4.78 is 10.3. The Balaban J connectivity index is 2.21. The highest BCUT2D eigenvalue weighted by Crippen LogP contribution is 2.23. The number of aliphatic hydroxyl groups is 3. The van der Waals surface area contributed by atoms with E-state index in [0.29, 0.717) is 0 Å². The van der Waals surface area contributed by atoms with Crippen LogP contribution in [0.1, 0.15) is 17.3 Å². The lowest BCUT2D eigenvalue weighted by Crippen LogP contribution is -2.65. The molecule has 1 amide bonds. The number of rotatable bonds is 4. The fraction of sp³-hybridized carbons (Fsp3) is 0.467. The van der Waals surface area contributed by atoms with E-state index in [0.717, 1.165) is 0 Å². The Labute approximate surface area is 132 Å². The summed E-state index contributed by atoms with van der Waals surface area (Å²) in [5.74, 6) is -1.22. The quantitative estimate of drug-likeness (QED) is 0.512. The van der Waals surface area contributed by atoms with E-state index in [4.69, 9.17) is 9.47 Å². The normalized spacial score (nSPS) is 30.5. The van der Waals surface area contributed by atoms with Gasteiger partial charge in [-0.2, -0.15) is 0 Å². The number of carbonyl (C=O) groups is 2. The minimum atomic E-state index is -1.53. The summed E-state index contributed by atoms with van der Waals surface area (Å²) in [6.07, 6.45) is -5.35. The van der Waals surface area contributed by atoms with Gasteiger partial charge in [0, 0.05) is 6.92 Å². The summed E-state index contributed by atoms with van der Waals surface area (Å²) in [5, 5.41) is 31.7. The number of esters is 1. The van der Waals surface area contributed by atoms with Crippen LogP contribution < -0.4 is 5.32 Å². The molecule has 5 atom stereocenters. The number of ether oxygens (including phenoxy) is 2. The number of hydrogen-bond donors (Lipinski definition) is 4. The highest BCUT2D eigenvalue weighted by atomic mass is 16.6. The standard InChI is InChI=1S/C15H19NO7/c1-8(18)16-11-13(12(19)10(7-17)22-15(11)21)23-14(20)9-5-3-2-4-6-9/h2-6,10-13,15,17,19,21H,7H2,1H3,(H,16,18)/t10-,11-,12-,13-,15?/m1/s1. The van der Waals surface area contributed by atoms with Crippen molar-refractivity contribution < 1.29 is 34.4 Å². The minimum absolute atomic E-state index is 0.253. The lowest BCUT2D eigenvalue weighted by molar-refractivity contribution is -0.253. The first-order valence-electron chi connectivity index (χ1n) is 7.09. The summed E-state index contributed by atoms with van der Waals surface area (Å²) in [6, 6.07) is 6.92. The van der Waals surface area contributed by atoms with Crippen molar-refractivity contribution in [3.8, 4) is 0 Å². The third kappa shape index (κ3) is 4.05. The number of carbonyl (C=O) groups excluding carboxylic acids is 2. The molecule has 1 aromatic carbocycles.